The number of nitrogens with one attached hydrogen (secondary N) is 2. The Labute approximate surface area is 177 Å². The molecule has 1 saturated heterocycles. The molecule has 31 heavy (non-hydrogen) atoms. The number of anilines is 2. The maximum Gasteiger partial charge on any atom is 0.416 e. The van der Waals surface area contributed by atoms with Gasteiger partial charge in [0.2, 0.25) is 5.91 Å². The second kappa shape index (κ2) is 10.4. The van der Waals surface area contributed by atoms with Crippen LogP contribution in [0.15, 0.2) is 48.5 Å². The van der Waals surface area contributed by atoms with E-state index in [-0.39, 0.29) is 36.3 Å². The van der Waals surface area contributed by atoms with Gasteiger partial charge in [-0.2, -0.15) is 13.2 Å². The number of carbonyl (C=O) groups is 2. The number of hydrogen-bond acceptors (Lipinski definition) is 4. The van der Waals surface area contributed by atoms with E-state index in [9.17, 15) is 22.8 Å². The summed E-state index contributed by atoms with van der Waals surface area (Å²) in [4.78, 5) is 24.5. The van der Waals surface area contributed by atoms with Crippen LogP contribution >= 0.6 is 0 Å². The largest absolute Gasteiger partial charge is 0.416 e. The summed E-state index contributed by atoms with van der Waals surface area (Å²) in [5.74, 6) is -0.863. The number of alkyl halides is 3. The van der Waals surface area contributed by atoms with Crippen molar-refractivity contribution in [1.82, 2.24) is 0 Å². The predicted molar refractivity (Wildman–Crippen MR) is 109 cm³/mol. The Morgan fingerprint density at radius 3 is 2.52 bits per heavy atom. The molecular weight excluding hydrogens is 413 g/mol. The van der Waals surface area contributed by atoms with Crippen LogP contribution in [0.2, 0.25) is 0 Å². The van der Waals surface area contributed by atoms with Gasteiger partial charge in [0, 0.05) is 23.5 Å². The molecule has 6 nitrogen and oxygen atoms in total. The quantitative estimate of drug-likeness (QED) is 0.598. The van der Waals surface area contributed by atoms with Crippen molar-refractivity contribution < 1.29 is 32.2 Å². The van der Waals surface area contributed by atoms with Gasteiger partial charge in [0.1, 0.15) is 0 Å². The number of carbonyl (C=O) groups excluding carboxylic acids is 2. The first kappa shape index (κ1) is 22.8. The Balaban J connectivity index is 1.51. The maximum atomic E-state index is 12.8. The van der Waals surface area contributed by atoms with Crippen LogP contribution in [-0.4, -0.2) is 37.7 Å². The number of rotatable bonds is 8. The van der Waals surface area contributed by atoms with Crippen molar-refractivity contribution in [2.45, 2.75) is 31.5 Å². The molecule has 0 spiro atoms. The lowest BCUT2D eigenvalue weighted by atomic mass is 10.1. The molecule has 0 saturated carbocycles. The Bertz CT molecular complexity index is 912. The average Bonchev–Trinajstić information content (AvgIpc) is 3.24. The third-order valence-electron chi connectivity index (χ3n) is 4.66. The molecule has 2 N–H and O–H groups in total. The summed E-state index contributed by atoms with van der Waals surface area (Å²) in [5, 5.41) is 5.12. The van der Waals surface area contributed by atoms with Crippen LogP contribution in [0.4, 0.5) is 24.5 Å². The van der Waals surface area contributed by atoms with Gasteiger partial charge < -0.3 is 20.1 Å². The molecule has 0 aliphatic carbocycles. The third-order valence-corrected chi connectivity index (χ3v) is 4.66. The summed E-state index contributed by atoms with van der Waals surface area (Å²) >= 11 is 0. The lowest BCUT2D eigenvalue weighted by molar-refractivity contribution is -0.137. The SMILES string of the molecule is O=C(CCOCC1CCCO1)Nc1cccc(C(=O)Nc2cccc(C(F)(F)F)c2)c1. The zero-order valence-electron chi connectivity index (χ0n) is 16.7. The summed E-state index contributed by atoms with van der Waals surface area (Å²) in [6.07, 6.45) is -2.28. The van der Waals surface area contributed by atoms with Gasteiger partial charge in [-0.1, -0.05) is 12.1 Å². The summed E-state index contributed by atoms with van der Waals surface area (Å²) in [6.45, 7) is 1.45. The lowest BCUT2D eigenvalue weighted by Crippen LogP contribution is -2.18. The molecule has 166 valence electrons. The Morgan fingerprint density at radius 2 is 1.81 bits per heavy atom. The monoisotopic (exact) mass is 436 g/mol. The zero-order valence-corrected chi connectivity index (χ0v) is 16.7. The molecule has 1 unspecified atom stereocenters. The van der Waals surface area contributed by atoms with Gasteiger partial charge in [0.15, 0.2) is 0 Å². The molecule has 0 radical (unpaired) electrons. The maximum absolute atomic E-state index is 12.8. The van der Waals surface area contributed by atoms with Crippen LogP contribution < -0.4 is 10.6 Å². The molecule has 0 aromatic heterocycles. The standard InChI is InChI=1S/C22H23F3N2O4/c23-22(24,25)16-5-2-7-18(13-16)27-21(29)15-4-1-6-17(12-15)26-20(28)9-11-30-14-19-8-3-10-31-19/h1-2,4-7,12-13,19H,3,8-11,14H2,(H,26,28)(H,27,29). The molecule has 2 aromatic rings. The molecule has 1 aliphatic rings. The molecule has 9 heteroatoms. The van der Waals surface area contributed by atoms with Crippen LogP contribution in [-0.2, 0) is 20.4 Å². The fourth-order valence-electron chi connectivity index (χ4n) is 3.09. The molecular formula is C22H23F3N2O4. The van der Waals surface area contributed by atoms with Crippen molar-refractivity contribution in [3.8, 4) is 0 Å². The molecule has 1 aliphatic heterocycles. The molecule has 3 rings (SSSR count). The van der Waals surface area contributed by atoms with Gasteiger partial charge in [0.25, 0.3) is 5.91 Å². The number of amides is 2. The number of benzene rings is 2. The third kappa shape index (κ3) is 7.08. The Hall–Kier alpha value is -2.91. The van der Waals surface area contributed by atoms with Crippen molar-refractivity contribution in [1.29, 1.82) is 0 Å². The van der Waals surface area contributed by atoms with E-state index in [1.807, 2.05) is 0 Å². The lowest BCUT2D eigenvalue weighted by Gasteiger charge is -2.11. The van der Waals surface area contributed by atoms with Gasteiger partial charge in [0.05, 0.1) is 31.3 Å². The van der Waals surface area contributed by atoms with E-state index in [0.29, 0.717) is 12.3 Å². The van der Waals surface area contributed by atoms with Crippen molar-refractivity contribution in [3.63, 3.8) is 0 Å². The second-order valence-electron chi connectivity index (χ2n) is 7.12. The van der Waals surface area contributed by atoms with Gasteiger partial charge in [-0.05, 0) is 49.2 Å². The van der Waals surface area contributed by atoms with E-state index < -0.39 is 17.6 Å². The minimum atomic E-state index is -4.50. The number of ether oxygens (including phenoxy) is 2. The van der Waals surface area contributed by atoms with E-state index in [4.69, 9.17) is 9.47 Å². The van der Waals surface area contributed by atoms with Crippen LogP contribution in [0.5, 0.6) is 0 Å². The van der Waals surface area contributed by atoms with Crippen molar-refractivity contribution >= 4 is 23.2 Å². The van der Waals surface area contributed by atoms with Crippen molar-refractivity contribution in [2.75, 3.05) is 30.5 Å². The highest BCUT2D eigenvalue weighted by Crippen LogP contribution is 2.30. The van der Waals surface area contributed by atoms with Crippen molar-refractivity contribution in [2.24, 2.45) is 0 Å². The summed E-state index contributed by atoms with van der Waals surface area (Å²) < 4.78 is 49.4. The molecule has 1 heterocycles. The first-order chi connectivity index (χ1) is 14.8. The predicted octanol–water partition coefficient (Wildman–Crippen LogP) is 4.48. The molecule has 2 amide bonds. The average molecular weight is 436 g/mol. The van der Waals surface area contributed by atoms with Crippen LogP contribution in [0.3, 0.4) is 0 Å². The number of hydrogen-bond donors (Lipinski definition) is 2. The molecule has 0 bridgehead atoms. The normalized spacial score (nSPS) is 16.2. The van der Waals surface area contributed by atoms with Crippen LogP contribution in [0, 0.1) is 0 Å². The minimum absolute atomic E-state index is 0.0256. The van der Waals surface area contributed by atoms with Gasteiger partial charge in [-0.25, -0.2) is 0 Å². The van der Waals surface area contributed by atoms with E-state index in [1.54, 1.807) is 12.1 Å². The minimum Gasteiger partial charge on any atom is -0.378 e. The second-order valence-corrected chi connectivity index (χ2v) is 7.12. The van der Waals surface area contributed by atoms with E-state index >= 15 is 0 Å². The topological polar surface area (TPSA) is 76.7 Å². The van der Waals surface area contributed by atoms with E-state index in [2.05, 4.69) is 10.6 Å². The molecule has 1 atom stereocenters. The smallest absolute Gasteiger partial charge is 0.378 e. The van der Waals surface area contributed by atoms with Crippen LogP contribution in [0.25, 0.3) is 0 Å². The summed E-state index contributed by atoms with van der Waals surface area (Å²) in [5.41, 5.74) is -0.226. The van der Waals surface area contributed by atoms with E-state index in [0.717, 1.165) is 31.6 Å². The summed E-state index contributed by atoms with van der Waals surface area (Å²) in [6, 6.07) is 10.5. The Kier molecular flexibility index (Phi) is 7.64. The van der Waals surface area contributed by atoms with Gasteiger partial charge in [-0.3, -0.25) is 9.59 Å². The fourth-order valence-corrected chi connectivity index (χ4v) is 3.09. The van der Waals surface area contributed by atoms with Gasteiger partial charge >= 0.3 is 6.18 Å². The molecule has 1 fully saturated rings. The molecule has 2 aromatic carbocycles. The highest BCUT2D eigenvalue weighted by atomic mass is 19.4. The number of halogens is 3. The first-order valence-corrected chi connectivity index (χ1v) is 9.89. The van der Waals surface area contributed by atoms with Crippen LogP contribution in [0.1, 0.15) is 35.2 Å². The highest BCUT2D eigenvalue weighted by molar-refractivity contribution is 6.05. The zero-order chi connectivity index (χ0) is 22.3. The van der Waals surface area contributed by atoms with E-state index in [1.165, 1.54) is 24.3 Å². The Morgan fingerprint density at radius 1 is 1.06 bits per heavy atom. The van der Waals surface area contributed by atoms with Gasteiger partial charge in [-0.15, -0.1) is 0 Å². The fraction of sp³-hybridized carbons (Fsp3) is 0.364. The van der Waals surface area contributed by atoms with Crippen molar-refractivity contribution in [3.05, 3.63) is 59.7 Å². The highest BCUT2D eigenvalue weighted by Gasteiger charge is 2.30. The summed E-state index contributed by atoms with van der Waals surface area (Å²) in [7, 11) is 0. The first-order valence-electron chi connectivity index (χ1n) is 9.89.